The first-order valence-corrected chi connectivity index (χ1v) is 9.65. The van der Waals surface area contributed by atoms with Crippen LogP contribution in [0.5, 0.6) is 0 Å². The van der Waals surface area contributed by atoms with E-state index in [0.29, 0.717) is 12.4 Å². The molecule has 3 aromatic rings. The summed E-state index contributed by atoms with van der Waals surface area (Å²) in [5.74, 6) is 1.49. The van der Waals surface area contributed by atoms with Gasteiger partial charge in [0.2, 0.25) is 0 Å². The average Bonchev–Trinajstić information content (AvgIpc) is 3.02. The Kier molecular flexibility index (Phi) is 6.67. The Morgan fingerprint density at radius 2 is 2.08 bits per heavy atom. The van der Waals surface area contributed by atoms with Crippen molar-refractivity contribution in [1.29, 1.82) is 0 Å². The first kappa shape index (κ1) is 18.9. The Labute approximate surface area is 158 Å². The third kappa shape index (κ3) is 4.09. The Hall–Kier alpha value is -1.87. The lowest BCUT2D eigenvalue weighted by atomic mass is 10.2. The van der Waals surface area contributed by atoms with Gasteiger partial charge in [0.1, 0.15) is 11.3 Å². The maximum atomic E-state index is 6.20. The largest absolute Gasteiger partial charge is 0.384 e. The number of nitrogens with zero attached hydrogens (tertiary/aromatic N) is 3. The van der Waals surface area contributed by atoms with Gasteiger partial charge in [-0.15, -0.1) is 0 Å². The molecular formula is C18H26N6OS. The van der Waals surface area contributed by atoms with Crippen LogP contribution in [0.2, 0.25) is 0 Å². The molecule has 7 nitrogen and oxygen atoms in total. The van der Waals surface area contributed by atoms with Gasteiger partial charge in [-0.05, 0) is 26.0 Å². The number of unbranched alkanes of at least 4 members (excludes halogenated alkanes) is 1. The lowest BCUT2D eigenvalue weighted by Crippen LogP contribution is -2.13. The summed E-state index contributed by atoms with van der Waals surface area (Å²) in [6.45, 7) is 2.49. The molecule has 0 saturated carbocycles. The Morgan fingerprint density at radius 3 is 2.88 bits per heavy atom. The number of nitrogen functional groups attached to an aromatic ring is 1. The van der Waals surface area contributed by atoms with Gasteiger partial charge in [-0.25, -0.2) is 9.97 Å². The molecule has 0 atom stereocenters. The maximum absolute atomic E-state index is 6.20. The van der Waals surface area contributed by atoms with Crippen LogP contribution >= 0.6 is 12.1 Å². The van der Waals surface area contributed by atoms with Gasteiger partial charge in [-0.3, -0.25) is 9.44 Å². The molecule has 0 unspecified atom stereocenters. The SMILES string of the molecule is CNSNCCCCn1c(CCOC)nc2c(N)nc3ccccc3c21. The van der Waals surface area contributed by atoms with Crippen molar-refractivity contribution in [2.45, 2.75) is 25.8 Å². The van der Waals surface area contributed by atoms with E-state index < -0.39 is 0 Å². The quantitative estimate of drug-likeness (QED) is 0.371. The van der Waals surface area contributed by atoms with E-state index in [0.717, 1.165) is 60.1 Å². The summed E-state index contributed by atoms with van der Waals surface area (Å²) in [6.07, 6.45) is 2.89. The highest BCUT2D eigenvalue weighted by Gasteiger charge is 2.16. The van der Waals surface area contributed by atoms with Crippen LogP contribution in [0.25, 0.3) is 21.9 Å². The highest BCUT2D eigenvalue weighted by atomic mass is 32.2. The van der Waals surface area contributed by atoms with Crippen molar-refractivity contribution in [2.75, 3.05) is 33.0 Å². The molecule has 2 heterocycles. The van der Waals surface area contributed by atoms with Gasteiger partial charge >= 0.3 is 0 Å². The molecule has 26 heavy (non-hydrogen) atoms. The fourth-order valence-corrected chi connectivity index (χ4v) is 3.51. The van der Waals surface area contributed by atoms with E-state index in [9.17, 15) is 0 Å². The van der Waals surface area contributed by atoms with E-state index in [1.165, 1.54) is 12.1 Å². The molecule has 0 saturated heterocycles. The number of nitrogens with two attached hydrogens (primary N) is 1. The summed E-state index contributed by atoms with van der Waals surface area (Å²) in [5, 5.41) is 1.09. The summed E-state index contributed by atoms with van der Waals surface area (Å²) < 4.78 is 13.8. The molecule has 140 valence electrons. The standard InChI is InChI=1S/C18H26N6OS/c1-20-26-21-10-5-6-11-24-15(9-12-25-2)23-16-17(24)13-7-3-4-8-14(13)22-18(16)19/h3-4,7-8,20-21H,5-6,9-12H2,1-2H3,(H2,19,22). The van der Waals surface area contributed by atoms with E-state index in [2.05, 4.69) is 25.1 Å². The topological polar surface area (TPSA) is 90.0 Å². The van der Waals surface area contributed by atoms with Crippen molar-refractivity contribution in [3.05, 3.63) is 30.1 Å². The Morgan fingerprint density at radius 1 is 1.23 bits per heavy atom. The van der Waals surface area contributed by atoms with Crippen LogP contribution in [0, 0.1) is 0 Å². The number of anilines is 1. The summed E-state index contributed by atoms with van der Waals surface area (Å²) in [6, 6.07) is 8.10. The molecule has 2 aromatic heterocycles. The Balaban J connectivity index is 1.94. The molecule has 0 aliphatic heterocycles. The van der Waals surface area contributed by atoms with Gasteiger partial charge in [0.15, 0.2) is 5.82 Å². The number of fused-ring (bicyclic) bond motifs is 3. The summed E-state index contributed by atoms with van der Waals surface area (Å²) in [4.78, 5) is 9.31. The summed E-state index contributed by atoms with van der Waals surface area (Å²) in [5.41, 5.74) is 8.98. The smallest absolute Gasteiger partial charge is 0.152 e. The van der Waals surface area contributed by atoms with E-state index >= 15 is 0 Å². The molecule has 1 aromatic carbocycles. The third-order valence-electron chi connectivity index (χ3n) is 4.30. The third-order valence-corrected chi connectivity index (χ3v) is 4.86. The lowest BCUT2D eigenvalue weighted by molar-refractivity contribution is 0.199. The summed E-state index contributed by atoms with van der Waals surface area (Å²) in [7, 11) is 3.62. The van der Waals surface area contributed by atoms with Gasteiger partial charge in [-0.2, -0.15) is 0 Å². The first-order chi connectivity index (χ1) is 12.8. The van der Waals surface area contributed by atoms with Crippen LogP contribution in [0.4, 0.5) is 5.82 Å². The first-order valence-electron chi connectivity index (χ1n) is 8.84. The van der Waals surface area contributed by atoms with Crippen LogP contribution in [0.1, 0.15) is 18.7 Å². The van der Waals surface area contributed by atoms with Crippen molar-refractivity contribution in [3.8, 4) is 0 Å². The van der Waals surface area contributed by atoms with Crippen molar-refractivity contribution in [1.82, 2.24) is 24.0 Å². The zero-order valence-electron chi connectivity index (χ0n) is 15.3. The minimum atomic E-state index is 0.489. The second-order valence-electron chi connectivity index (χ2n) is 6.04. The zero-order chi connectivity index (χ0) is 18.4. The average molecular weight is 375 g/mol. The molecule has 0 radical (unpaired) electrons. The number of rotatable bonds is 10. The second-order valence-corrected chi connectivity index (χ2v) is 6.94. The van der Waals surface area contributed by atoms with Crippen LogP contribution in [-0.4, -0.2) is 41.8 Å². The van der Waals surface area contributed by atoms with Crippen molar-refractivity contribution in [2.24, 2.45) is 0 Å². The van der Waals surface area contributed by atoms with Gasteiger partial charge < -0.3 is 15.0 Å². The molecule has 0 spiro atoms. The van der Waals surface area contributed by atoms with Gasteiger partial charge in [0, 0.05) is 44.1 Å². The van der Waals surface area contributed by atoms with E-state index in [-0.39, 0.29) is 0 Å². The number of hydrogen-bond donors (Lipinski definition) is 3. The zero-order valence-corrected chi connectivity index (χ0v) is 16.1. The fraction of sp³-hybridized carbons (Fsp3) is 0.444. The summed E-state index contributed by atoms with van der Waals surface area (Å²) >= 11 is 1.52. The molecule has 0 aliphatic carbocycles. The monoisotopic (exact) mass is 374 g/mol. The van der Waals surface area contributed by atoms with Gasteiger partial charge in [0.25, 0.3) is 0 Å². The molecular weight excluding hydrogens is 348 g/mol. The van der Waals surface area contributed by atoms with Crippen LogP contribution < -0.4 is 15.2 Å². The van der Waals surface area contributed by atoms with Crippen LogP contribution in [0.15, 0.2) is 24.3 Å². The number of ether oxygens (including phenoxy) is 1. The lowest BCUT2D eigenvalue weighted by Gasteiger charge is -2.11. The van der Waals surface area contributed by atoms with E-state index in [4.69, 9.17) is 15.5 Å². The molecule has 4 N–H and O–H groups in total. The molecule has 0 bridgehead atoms. The van der Waals surface area contributed by atoms with Gasteiger partial charge in [-0.1, -0.05) is 18.2 Å². The van der Waals surface area contributed by atoms with Crippen molar-refractivity contribution >= 4 is 39.9 Å². The number of nitrogens with one attached hydrogen (secondary N) is 2. The minimum Gasteiger partial charge on any atom is -0.384 e. The number of imidazole rings is 1. The normalized spacial score (nSPS) is 11.6. The minimum absolute atomic E-state index is 0.489. The predicted octanol–water partition coefficient (Wildman–Crippen LogP) is 2.51. The number of pyridine rings is 1. The molecule has 8 heteroatoms. The van der Waals surface area contributed by atoms with Crippen molar-refractivity contribution < 1.29 is 4.74 Å². The number of aryl methyl sites for hydroxylation is 1. The Bertz CT molecular complexity index is 866. The highest BCUT2D eigenvalue weighted by Crippen LogP contribution is 2.29. The predicted molar refractivity (Wildman–Crippen MR) is 109 cm³/mol. The number of para-hydroxylation sites is 1. The van der Waals surface area contributed by atoms with Crippen LogP contribution in [0.3, 0.4) is 0 Å². The fourth-order valence-electron chi connectivity index (χ4n) is 3.12. The highest BCUT2D eigenvalue weighted by molar-refractivity contribution is 7.95. The number of aromatic nitrogens is 3. The molecule has 0 fully saturated rings. The van der Waals surface area contributed by atoms with E-state index in [1.807, 2.05) is 25.2 Å². The molecule has 0 aliphatic rings. The van der Waals surface area contributed by atoms with Gasteiger partial charge in [0.05, 0.1) is 17.6 Å². The van der Waals surface area contributed by atoms with Crippen molar-refractivity contribution in [3.63, 3.8) is 0 Å². The number of benzene rings is 1. The number of hydrogen-bond acceptors (Lipinski definition) is 7. The molecule has 0 amide bonds. The number of methoxy groups -OCH3 is 1. The van der Waals surface area contributed by atoms with Crippen LogP contribution in [-0.2, 0) is 17.7 Å². The van der Waals surface area contributed by atoms with E-state index in [1.54, 1.807) is 7.11 Å². The maximum Gasteiger partial charge on any atom is 0.152 e. The second kappa shape index (κ2) is 9.18. The molecule has 3 rings (SSSR count).